The van der Waals surface area contributed by atoms with Gasteiger partial charge in [0.15, 0.2) is 6.61 Å². The standard InChI is InChI=1S/C18H18N2O6/c1-13-6-8-14(9-7-13)25-11-10-18(22)26-12-17(21)19-15-4-2-3-5-16(15)20(23)24/h2-9H,10-12H2,1H3,(H,19,21). The van der Waals surface area contributed by atoms with E-state index in [4.69, 9.17) is 9.47 Å². The van der Waals surface area contributed by atoms with Crippen LogP contribution in [0, 0.1) is 17.0 Å². The number of hydrogen-bond acceptors (Lipinski definition) is 6. The molecule has 0 saturated heterocycles. The number of nitrogens with one attached hydrogen (secondary N) is 1. The first-order valence-electron chi connectivity index (χ1n) is 7.84. The van der Waals surface area contributed by atoms with Gasteiger partial charge >= 0.3 is 5.97 Å². The van der Waals surface area contributed by atoms with Gasteiger partial charge in [0, 0.05) is 6.07 Å². The van der Waals surface area contributed by atoms with Crippen LogP contribution in [0.25, 0.3) is 0 Å². The van der Waals surface area contributed by atoms with E-state index in [1.807, 2.05) is 19.1 Å². The Morgan fingerprint density at radius 3 is 2.50 bits per heavy atom. The lowest BCUT2D eigenvalue weighted by Gasteiger charge is -2.08. The molecule has 1 N–H and O–H groups in total. The van der Waals surface area contributed by atoms with E-state index < -0.39 is 23.4 Å². The molecule has 0 aromatic heterocycles. The van der Waals surface area contributed by atoms with Crippen LogP contribution in [0.2, 0.25) is 0 Å². The molecule has 136 valence electrons. The molecule has 2 aromatic rings. The summed E-state index contributed by atoms with van der Waals surface area (Å²) >= 11 is 0. The first kappa shape index (κ1) is 18.9. The van der Waals surface area contributed by atoms with Crippen molar-refractivity contribution < 1.29 is 24.0 Å². The number of aryl methyl sites for hydroxylation is 1. The summed E-state index contributed by atoms with van der Waals surface area (Å²) in [5, 5.41) is 13.2. The van der Waals surface area contributed by atoms with Gasteiger partial charge in [0.1, 0.15) is 11.4 Å². The fourth-order valence-electron chi connectivity index (χ4n) is 2.03. The average Bonchev–Trinajstić information content (AvgIpc) is 2.62. The van der Waals surface area contributed by atoms with Crippen LogP contribution in [0.3, 0.4) is 0 Å². The normalized spacial score (nSPS) is 10.0. The minimum atomic E-state index is -0.660. The molecule has 0 atom stereocenters. The van der Waals surface area contributed by atoms with E-state index in [1.165, 1.54) is 18.2 Å². The van der Waals surface area contributed by atoms with Crippen LogP contribution in [0.1, 0.15) is 12.0 Å². The molecule has 0 heterocycles. The molecule has 2 rings (SSSR count). The van der Waals surface area contributed by atoms with Gasteiger partial charge in [0.2, 0.25) is 0 Å². The maximum absolute atomic E-state index is 11.8. The highest BCUT2D eigenvalue weighted by Crippen LogP contribution is 2.22. The van der Waals surface area contributed by atoms with E-state index in [1.54, 1.807) is 18.2 Å². The Labute approximate surface area is 149 Å². The van der Waals surface area contributed by atoms with Crippen LogP contribution >= 0.6 is 0 Å². The van der Waals surface area contributed by atoms with E-state index in [2.05, 4.69) is 5.32 Å². The largest absolute Gasteiger partial charge is 0.493 e. The summed E-state index contributed by atoms with van der Waals surface area (Å²) in [6.45, 7) is 1.54. The lowest BCUT2D eigenvalue weighted by molar-refractivity contribution is -0.383. The number of para-hydroxylation sites is 2. The van der Waals surface area contributed by atoms with Crippen molar-refractivity contribution in [2.75, 3.05) is 18.5 Å². The third kappa shape index (κ3) is 5.90. The summed E-state index contributed by atoms with van der Waals surface area (Å²) < 4.78 is 10.2. The molecule has 0 radical (unpaired) electrons. The molecule has 0 fully saturated rings. The number of hydrogen-bond donors (Lipinski definition) is 1. The van der Waals surface area contributed by atoms with E-state index in [0.717, 1.165) is 5.56 Å². The van der Waals surface area contributed by atoms with Crippen LogP contribution in [-0.4, -0.2) is 30.0 Å². The molecule has 8 nitrogen and oxygen atoms in total. The van der Waals surface area contributed by atoms with Crippen LogP contribution < -0.4 is 10.1 Å². The summed E-state index contributed by atoms with van der Waals surface area (Å²) in [7, 11) is 0. The molecular formula is C18H18N2O6. The van der Waals surface area contributed by atoms with Crippen molar-refractivity contribution in [2.45, 2.75) is 13.3 Å². The second kappa shape index (κ2) is 9.16. The minimum Gasteiger partial charge on any atom is -0.493 e. The predicted molar refractivity (Wildman–Crippen MR) is 94.0 cm³/mol. The predicted octanol–water partition coefficient (Wildman–Crippen LogP) is 2.85. The van der Waals surface area contributed by atoms with E-state index >= 15 is 0 Å². The number of esters is 1. The summed E-state index contributed by atoms with van der Waals surface area (Å²) in [5.41, 5.74) is 0.904. The Bertz CT molecular complexity index is 789. The Balaban J connectivity index is 1.72. The maximum atomic E-state index is 11.8. The number of nitro benzene ring substituents is 1. The number of carbonyl (C=O) groups excluding carboxylic acids is 2. The molecule has 0 spiro atoms. The molecule has 0 unspecified atom stereocenters. The van der Waals surface area contributed by atoms with E-state index in [0.29, 0.717) is 5.75 Å². The van der Waals surface area contributed by atoms with Crippen molar-refractivity contribution in [3.63, 3.8) is 0 Å². The van der Waals surface area contributed by atoms with Crippen molar-refractivity contribution >= 4 is 23.3 Å². The lowest BCUT2D eigenvalue weighted by atomic mass is 10.2. The Morgan fingerprint density at radius 1 is 1.12 bits per heavy atom. The zero-order valence-corrected chi connectivity index (χ0v) is 14.1. The third-order valence-electron chi connectivity index (χ3n) is 3.33. The molecule has 0 aliphatic heterocycles. The average molecular weight is 358 g/mol. The van der Waals surface area contributed by atoms with Gasteiger partial charge in [-0.05, 0) is 25.1 Å². The number of anilines is 1. The molecule has 0 saturated carbocycles. The van der Waals surface area contributed by atoms with Gasteiger partial charge in [-0.1, -0.05) is 29.8 Å². The van der Waals surface area contributed by atoms with Gasteiger partial charge < -0.3 is 14.8 Å². The van der Waals surface area contributed by atoms with Crippen molar-refractivity contribution in [1.29, 1.82) is 0 Å². The van der Waals surface area contributed by atoms with Gasteiger partial charge in [0.05, 0.1) is 18.0 Å². The van der Waals surface area contributed by atoms with Crippen molar-refractivity contribution in [2.24, 2.45) is 0 Å². The first-order chi connectivity index (χ1) is 12.5. The molecular weight excluding hydrogens is 340 g/mol. The highest BCUT2D eigenvalue weighted by Gasteiger charge is 2.15. The molecule has 8 heteroatoms. The Hall–Kier alpha value is -3.42. The van der Waals surface area contributed by atoms with Crippen LogP contribution in [0.5, 0.6) is 5.75 Å². The van der Waals surface area contributed by atoms with Gasteiger partial charge in [-0.25, -0.2) is 0 Å². The fourth-order valence-corrected chi connectivity index (χ4v) is 2.03. The Kier molecular flexibility index (Phi) is 6.67. The summed E-state index contributed by atoms with van der Waals surface area (Å²) in [6.07, 6.45) is -0.0212. The minimum absolute atomic E-state index is 0.0212. The number of rotatable bonds is 8. The second-order valence-electron chi connectivity index (χ2n) is 5.39. The zero-order valence-electron chi connectivity index (χ0n) is 14.1. The quantitative estimate of drug-likeness (QED) is 0.442. The van der Waals surface area contributed by atoms with Gasteiger partial charge in [-0.15, -0.1) is 0 Å². The van der Waals surface area contributed by atoms with Gasteiger partial charge in [-0.3, -0.25) is 19.7 Å². The van der Waals surface area contributed by atoms with Crippen molar-refractivity contribution in [3.8, 4) is 5.75 Å². The molecule has 0 bridgehead atoms. The molecule has 1 amide bonds. The number of carbonyl (C=O) groups is 2. The highest BCUT2D eigenvalue weighted by molar-refractivity contribution is 5.94. The topological polar surface area (TPSA) is 108 Å². The molecule has 2 aromatic carbocycles. The van der Waals surface area contributed by atoms with Crippen LogP contribution in [-0.2, 0) is 14.3 Å². The number of ether oxygens (including phenoxy) is 2. The maximum Gasteiger partial charge on any atom is 0.309 e. The molecule has 0 aliphatic rings. The highest BCUT2D eigenvalue weighted by atomic mass is 16.6. The van der Waals surface area contributed by atoms with Crippen molar-refractivity contribution in [3.05, 3.63) is 64.2 Å². The fraction of sp³-hybridized carbons (Fsp3) is 0.222. The summed E-state index contributed by atoms with van der Waals surface area (Å²) in [6, 6.07) is 13.1. The summed E-state index contributed by atoms with van der Waals surface area (Å²) in [4.78, 5) is 33.7. The number of amides is 1. The number of benzene rings is 2. The summed E-state index contributed by atoms with van der Waals surface area (Å²) in [5.74, 6) is -0.626. The van der Waals surface area contributed by atoms with E-state index in [-0.39, 0.29) is 24.4 Å². The smallest absolute Gasteiger partial charge is 0.309 e. The first-order valence-corrected chi connectivity index (χ1v) is 7.84. The molecule has 26 heavy (non-hydrogen) atoms. The lowest BCUT2D eigenvalue weighted by Crippen LogP contribution is -2.22. The number of nitrogens with zero attached hydrogens (tertiary/aromatic N) is 1. The SMILES string of the molecule is Cc1ccc(OCCC(=O)OCC(=O)Nc2ccccc2[N+](=O)[O-])cc1. The van der Waals surface area contributed by atoms with Crippen LogP contribution in [0.15, 0.2) is 48.5 Å². The number of nitro groups is 1. The third-order valence-corrected chi connectivity index (χ3v) is 3.33. The van der Waals surface area contributed by atoms with Gasteiger partial charge in [-0.2, -0.15) is 0 Å². The zero-order chi connectivity index (χ0) is 18.9. The van der Waals surface area contributed by atoms with E-state index in [9.17, 15) is 19.7 Å². The second-order valence-corrected chi connectivity index (χ2v) is 5.39. The van der Waals surface area contributed by atoms with Crippen molar-refractivity contribution in [1.82, 2.24) is 0 Å². The molecule has 0 aliphatic carbocycles. The van der Waals surface area contributed by atoms with Crippen LogP contribution in [0.4, 0.5) is 11.4 Å². The monoisotopic (exact) mass is 358 g/mol. The van der Waals surface area contributed by atoms with Gasteiger partial charge in [0.25, 0.3) is 11.6 Å². The Morgan fingerprint density at radius 2 is 1.81 bits per heavy atom.